The van der Waals surface area contributed by atoms with Gasteiger partial charge < -0.3 is 9.73 Å². The van der Waals surface area contributed by atoms with Gasteiger partial charge >= 0.3 is 0 Å². The van der Waals surface area contributed by atoms with E-state index >= 15 is 0 Å². The van der Waals surface area contributed by atoms with Crippen LogP contribution in [-0.4, -0.2) is 15.0 Å². The van der Waals surface area contributed by atoms with Crippen LogP contribution in [0.25, 0.3) is 94.7 Å². The van der Waals surface area contributed by atoms with E-state index in [0.717, 1.165) is 50.1 Å². The predicted octanol–water partition coefficient (Wildman–Crippen LogP) is 10.8. The molecule has 0 aliphatic carbocycles. The molecule has 0 saturated carbocycles. The van der Waals surface area contributed by atoms with Gasteiger partial charge in [0.05, 0.1) is 0 Å². The molecule has 0 bridgehead atoms. The van der Waals surface area contributed by atoms with Crippen LogP contribution < -0.4 is 5.32 Å². The summed E-state index contributed by atoms with van der Waals surface area (Å²) < 4.78 is 6.56. The lowest BCUT2D eigenvalue weighted by Gasteiger charge is -2.13. The third-order valence-corrected chi connectivity index (χ3v) is 9.55. The van der Waals surface area contributed by atoms with E-state index in [2.05, 4.69) is 84.2 Å². The van der Waals surface area contributed by atoms with Gasteiger partial charge in [-0.25, -0.2) is 15.0 Å². The zero-order valence-corrected chi connectivity index (χ0v) is 26.4. The smallest absolute Gasteiger partial charge is 0.164 e. The second-order valence-electron chi connectivity index (χ2n) is 12.5. The first-order valence-electron chi connectivity index (χ1n) is 16.5. The van der Waals surface area contributed by atoms with Gasteiger partial charge in [-0.2, -0.15) is 0 Å². The van der Waals surface area contributed by atoms with Crippen LogP contribution in [0.15, 0.2) is 150 Å². The molecule has 1 aliphatic heterocycles. The Morgan fingerprint density at radius 3 is 1.88 bits per heavy atom. The normalized spacial score (nSPS) is 12.5. The van der Waals surface area contributed by atoms with Crippen LogP contribution in [0.2, 0.25) is 0 Å². The molecule has 230 valence electrons. The molecule has 5 heteroatoms. The highest BCUT2D eigenvalue weighted by atomic mass is 16.3. The molecule has 7 aromatic carbocycles. The van der Waals surface area contributed by atoms with Gasteiger partial charge in [0.1, 0.15) is 11.3 Å². The minimum atomic E-state index is 0.606. The Labute approximate surface area is 282 Å². The Morgan fingerprint density at radius 2 is 1.12 bits per heavy atom. The number of aromatic nitrogens is 3. The second kappa shape index (κ2) is 11.0. The fraction of sp³-hybridized carbons (Fsp3) is 0.0227. The Balaban J connectivity index is 1.25. The van der Waals surface area contributed by atoms with E-state index < -0.39 is 0 Å². The molecule has 0 amide bonds. The van der Waals surface area contributed by atoms with E-state index in [-0.39, 0.29) is 0 Å². The van der Waals surface area contributed by atoms with Crippen LogP contribution in [0.1, 0.15) is 11.3 Å². The van der Waals surface area contributed by atoms with Crippen molar-refractivity contribution in [1.82, 2.24) is 20.3 Å². The average Bonchev–Trinajstić information content (AvgIpc) is 3.56. The van der Waals surface area contributed by atoms with Crippen molar-refractivity contribution in [3.05, 3.63) is 157 Å². The van der Waals surface area contributed by atoms with Crippen molar-refractivity contribution in [3.63, 3.8) is 0 Å². The number of fused-ring (bicyclic) bond motifs is 8. The molecule has 0 radical (unpaired) electrons. The van der Waals surface area contributed by atoms with Crippen molar-refractivity contribution in [2.75, 3.05) is 0 Å². The molecule has 3 heterocycles. The predicted molar refractivity (Wildman–Crippen MR) is 200 cm³/mol. The highest BCUT2D eigenvalue weighted by molar-refractivity contribution is 6.20. The molecule has 0 atom stereocenters. The number of furan rings is 1. The maximum absolute atomic E-state index is 6.56. The van der Waals surface area contributed by atoms with E-state index in [1.807, 2.05) is 72.9 Å². The monoisotopic (exact) mass is 628 g/mol. The molecular weight excluding hydrogens is 601 g/mol. The van der Waals surface area contributed by atoms with Crippen LogP contribution in [0.3, 0.4) is 0 Å². The first-order chi connectivity index (χ1) is 24.3. The fourth-order valence-electron chi connectivity index (χ4n) is 7.19. The molecule has 9 aromatic rings. The zero-order chi connectivity index (χ0) is 32.3. The van der Waals surface area contributed by atoms with Gasteiger partial charge in [0.25, 0.3) is 0 Å². The summed E-state index contributed by atoms with van der Waals surface area (Å²) in [6, 6.07) is 48.8. The third kappa shape index (κ3) is 4.59. The highest BCUT2D eigenvalue weighted by Gasteiger charge is 2.23. The Kier molecular flexibility index (Phi) is 6.18. The lowest BCUT2D eigenvalue weighted by Crippen LogP contribution is -2.09. The van der Waals surface area contributed by atoms with Crippen molar-refractivity contribution in [1.29, 1.82) is 0 Å². The van der Waals surface area contributed by atoms with Crippen molar-refractivity contribution >= 4 is 49.4 Å². The SMILES string of the molecule is C1=Cc2oc3cc(-c4ccc5ccc6ccc7ccccc7c6c5c4)cc(-c4nc(-c5ccccc5)nc(-c5ccccc5)n4)c3c2CN1. The fourth-order valence-corrected chi connectivity index (χ4v) is 7.19. The zero-order valence-electron chi connectivity index (χ0n) is 26.4. The minimum Gasteiger partial charge on any atom is -0.456 e. The summed E-state index contributed by atoms with van der Waals surface area (Å²) in [6.07, 6.45) is 3.93. The number of nitrogens with one attached hydrogen (secondary N) is 1. The van der Waals surface area contributed by atoms with Crippen LogP contribution in [-0.2, 0) is 6.54 Å². The molecule has 0 unspecified atom stereocenters. The summed E-state index contributed by atoms with van der Waals surface area (Å²) in [5, 5.41) is 11.8. The maximum Gasteiger partial charge on any atom is 0.164 e. The summed E-state index contributed by atoms with van der Waals surface area (Å²) in [6.45, 7) is 0.655. The van der Waals surface area contributed by atoms with E-state index in [9.17, 15) is 0 Å². The molecular formula is C44H28N4O. The number of rotatable bonds is 4. The van der Waals surface area contributed by atoms with Gasteiger partial charge in [0, 0.05) is 40.4 Å². The summed E-state index contributed by atoms with van der Waals surface area (Å²) >= 11 is 0. The lowest BCUT2D eigenvalue weighted by molar-refractivity contribution is 0.592. The first-order valence-corrected chi connectivity index (χ1v) is 16.5. The molecule has 10 rings (SSSR count). The van der Waals surface area contributed by atoms with E-state index in [0.29, 0.717) is 24.0 Å². The van der Waals surface area contributed by atoms with Gasteiger partial charge in [0.2, 0.25) is 0 Å². The summed E-state index contributed by atoms with van der Waals surface area (Å²) in [5.74, 6) is 2.71. The average molecular weight is 629 g/mol. The standard InChI is InChI=1S/C44H28N4O/c1-3-10-30(11-4-1)42-46-43(31-12-5-2-6-13-31)48-44(47-42)36-24-33(25-39-41(36)37-26-45-22-21-38(37)49-39)32-20-17-28-16-19-29-18-15-27-9-7-8-14-34(27)40(29)35(28)23-32/h1-25,45H,26H2. The minimum absolute atomic E-state index is 0.606. The summed E-state index contributed by atoms with van der Waals surface area (Å²) in [4.78, 5) is 15.2. The molecule has 1 N–H and O–H groups in total. The van der Waals surface area contributed by atoms with Crippen molar-refractivity contribution in [2.24, 2.45) is 0 Å². The van der Waals surface area contributed by atoms with Crippen molar-refractivity contribution < 1.29 is 4.42 Å². The second-order valence-corrected chi connectivity index (χ2v) is 12.5. The Morgan fingerprint density at radius 1 is 0.490 bits per heavy atom. The molecule has 0 spiro atoms. The van der Waals surface area contributed by atoms with Crippen LogP contribution in [0, 0.1) is 0 Å². The highest BCUT2D eigenvalue weighted by Crippen LogP contribution is 2.41. The van der Waals surface area contributed by atoms with Crippen LogP contribution in [0.5, 0.6) is 0 Å². The number of nitrogens with zero attached hydrogens (tertiary/aromatic N) is 3. The van der Waals surface area contributed by atoms with Gasteiger partial charge in [-0.1, -0.05) is 121 Å². The van der Waals surface area contributed by atoms with Crippen LogP contribution >= 0.6 is 0 Å². The molecule has 5 nitrogen and oxygen atoms in total. The Hall–Kier alpha value is -6.59. The van der Waals surface area contributed by atoms with Gasteiger partial charge in [-0.15, -0.1) is 0 Å². The molecule has 2 aromatic heterocycles. The molecule has 49 heavy (non-hydrogen) atoms. The van der Waals surface area contributed by atoms with E-state index in [1.54, 1.807) is 0 Å². The number of hydrogen-bond acceptors (Lipinski definition) is 5. The quantitative estimate of drug-likeness (QED) is 0.197. The topological polar surface area (TPSA) is 63.8 Å². The van der Waals surface area contributed by atoms with Gasteiger partial charge in [-0.05, 0) is 67.7 Å². The summed E-state index contributed by atoms with van der Waals surface area (Å²) in [5.41, 5.74) is 6.81. The van der Waals surface area contributed by atoms with Gasteiger partial charge in [-0.3, -0.25) is 0 Å². The largest absolute Gasteiger partial charge is 0.456 e. The molecule has 0 fully saturated rings. The van der Waals surface area contributed by atoms with Crippen molar-refractivity contribution in [2.45, 2.75) is 6.54 Å². The van der Waals surface area contributed by atoms with Crippen molar-refractivity contribution in [3.8, 4) is 45.3 Å². The van der Waals surface area contributed by atoms with Crippen LogP contribution in [0.4, 0.5) is 0 Å². The lowest BCUT2D eigenvalue weighted by atomic mass is 9.92. The van der Waals surface area contributed by atoms with Gasteiger partial charge in [0.15, 0.2) is 17.5 Å². The first kappa shape index (κ1) is 27.5. The third-order valence-electron chi connectivity index (χ3n) is 9.55. The molecule has 0 saturated heterocycles. The maximum atomic E-state index is 6.56. The summed E-state index contributed by atoms with van der Waals surface area (Å²) in [7, 11) is 0. The number of hydrogen-bond donors (Lipinski definition) is 1. The Bertz CT molecular complexity index is 2700. The van der Waals surface area contributed by atoms with E-state index in [4.69, 9.17) is 19.4 Å². The molecule has 1 aliphatic rings. The van der Waals surface area contributed by atoms with E-state index in [1.165, 1.54) is 32.3 Å². The number of benzene rings is 7.